The molecule has 0 aromatic heterocycles. The number of rotatable bonds is 17. The fraction of sp³-hybridized carbons (Fsp3) is 0.950. The van der Waals surface area contributed by atoms with Gasteiger partial charge in [-0.2, -0.15) is 0 Å². The smallest absolute Gasteiger partial charge is 0.320 e. The van der Waals surface area contributed by atoms with Crippen LogP contribution in [0.15, 0.2) is 0 Å². The summed E-state index contributed by atoms with van der Waals surface area (Å²) < 4.78 is 5.39. The van der Waals surface area contributed by atoms with Crippen LogP contribution in [0, 0.1) is 0 Å². The molecule has 23 heavy (non-hydrogen) atoms. The first-order valence-electron chi connectivity index (χ1n) is 10.1. The molecule has 0 unspecified atom stereocenters. The molecular weight excluding hydrogens is 286 g/mol. The van der Waals surface area contributed by atoms with Gasteiger partial charge in [0.25, 0.3) is 0 Å². The lowest BCUT2D eigenvalue weighted by Crippen LogP contribution is -2.33. The minimum Gasteiger partial charge on any atom is -0.465 e. The van der Waals surface area contributed by atoms with E-state index in [0.29, 0.717) is 13.2 Å². The van der Waals surface area contributed by atoms with Crippen molar-refractivity contribution in [2.45, 2.75) is 97.8 Å². The molecule has 138 valence electrons. The lowest BCUT2D eigenvalue weighted by atomic mass is 10.1. The van der Waals surface area contributed by atoms with Gasteiger partial charge >= 0.3 is 5.97 Å². The molecule has 0 saturated heterocycles. The van der Waals surface area contributed by atoms with Crippen molar-refractivity contribution < 1.29 is 9.53 Å². The number of ether oxygens (including phenoxy) is 1. The maximum Gasteiger partial charge on any atom is 0.320 e. The summed E-state index contributed by atoms with van der Waals surface area (Å²) in [7, 11) is 0. The van der Waals surface area contributed by atoms with Gasteiger partial charge in [-0.25, -0.2) is 0 Å². The number of carbonyl (C=O) groups is 1. The number of unbranched alkanes of at least 4 members (excludes halogenated alkanes) is 9. The van der Waals surface area contributed by atoms with Gasteiger partial charge in [0.05, 0.1) is 13.2 Å². The summed E-state index contributed by atoms with van der Waals surface area (Å²) in [5.41, 5.74) is 0. The Morgan fingerprint density at radius 3 is 1.65 bits per heavy atom. The second-order valence-electron chi connectivity index (χ2n) is 6.68. The van der Waals surface area contributed by atoms with E-state index in [2.05, 4.69) is 25.7 Å². The van der Waals surface area contributed by atoms with Crippen LogP contribution >= 0.6 is 0 Å². The van der Waals surface area contributed by atoms with E-state index in [0.717, 1.165) is 19.5 Å². The van der Waals surface area contributed by atoms with Gasteiger partial charge in [-0.05, 0) is 32.4 Å². The standard InChI is InChI=1S/C20H41NO2/c1-4-7-10-13-16-21(17-14-11-8-5-2)19-20(22)23-18-15-12-9-6-3/h4-19H2,1-3H3. The zero-order valence-electron chi connectivity index (χ0n) is 16.1. The normalized spacial score (nSPS) is 11.1. The van der Waals surface area contributed by atoms with Crippen LogP contribution < -0.4 is 0 Å². The maximum atomic E-state index is 12.0. The monoisotopic (exact) mass is 327 g/mol. The van der Waals surface area contributed by atoms with Crippen molar-refractivity contribution in [2.75, 3.05) is 26.2 Å². The Balaban J connectivity index is 3.92. The molecule has 0 N–H and O–H groups in total. The van der Waals surface area contributed by atoms with E-state index in [-0.39, 0.29) is 5.97 Å². The van der Waals surface area contributed by atoms with Gasteiger partial charge in [0.15, 0.2) is 0 Å². The van der Waals surface area contributed by atoms with E-state index >= 15 is 0 Å². The second-order valence-corrected chi connectivity index (χ2v) is 6.68. The average molecular weight is 328 g/mol. The highest BCUT2D eigenvalue weighted by atomic mass is 16.5. The topological polar surface area (TPSA) is 29.5 Å². The minimum absolute atomic E-state index is 0.0347. The van der Waals surface area contributed by atoms with E-state index in [1.165, 1.54) is 70.6 Å². The maximum absolute atomic E-state index is 12.0. The predicted octanol–water partition coefficient (Wildman–Crippen LogP) is 5.57. The summed E-state index contributed by atoms with van der Waals surface area (Å²) in [5, 5.41) is 0. The number of carbonyl (C=O) groups excluding carboxylic acids is 1. The van der Waals surface area contributed by atoms with Crippen LogP contribution in [0.2, 0.25) is 0 Å². The Hall–Kier alpha value is -0.570. The van der Waals surface area contributed by atoms with Crippen LogP contribution in [0.1, 0.15) is 97.8 Å². The van der Waals surface area contributed by atoms with Crippen LogP contribution in [-0.4, -0.2) is 37.1 Å². The second kappa shape index (κ2) is 17.8. The molecule has 0 rings (SSSR count). The first kappa shape index (κ1) is 22.4. The number of esters is 1. The summed E-state index contributed by atoms with van der Waals surface area (Å²) in [5.74, 6) is -0.0347. The summed E-state index contributed by atoms with van der Waals surface area (Å²) >= 11 is 0. The van der Waals surface area contributed by atoms with E-state index in [1.807, 2.05) is 0 Å². The summed E-state index contributed by atoms with van der Waals surface area (Å²) in [6.45, 7) is 9.82. The fourth-order valence-electron chi connectivity index (χ4n) is 2.74. The van der Waals surface area contributed by atoms with Crippen molar-refractivity contribution in [1.82, 2.24) is 4.90 Å². The molecule has 3 heteroatoms. The first-order chi connectivity index (χ1) is 11.2. The molecule has 0 radical (unpaired) electrons. The number of hydrogen-bond donors (Lipinski definition) is 0. The summed E-state index contributed by atoms with van der Waals surface area (Å²) in [6, 6.07) is 0. The molecule has 3 nitrogen and oxygen atoms in total. The minimum atomic E-state index is -0.0347. The third-order valence-electron chi connectivity index (χ3n) is 4.27. The van der Waals surface area contributed by atoms with E-state index in [9.17, 15) is 4.79 Å². The van der Waals surface area contributed by atoms with Gasteiger partial charge in [-0.1, -0.05) is 78.6 Å². The third kappa shape index (κ3) is 16.1. The molecule has 0 aromatic carbocycles. The summed E-state index contributed by atoms with van der Waals surface area (Å²) in [6.07, 6.45) is 14.7. The van der Waals surface area contributed by atoms with Crippen LogP contribution in [0.4, 0.5) is 0 Å². The van der Waals surface area contributed by atoms with Crippen LogP contribution in [-0.2, 0) is 9.53 Å². The highest BCUT2D eigenvalue weighted by Crippen LogP contribution is 2.06. The molecular formula is C20H41NO2. The predicted molar refractivity (Wildman–Crippen MR) is 99.8 cm³/mol. The SMILES string of the molecule is CCCCCCOC(=O)CN(CCCCCC)CCCCCC. The molecule has 0 spiro atoms. The van der Waals surface area contributed by atoms with Crippen LogP contribution in [0.3, 0.4) is 0 Å². The Labute approximate surface area is 145 Å². The van der Waals surface area contributed by atoms with Crippen molar-refractivity contribution in [3.05, 3.63) is 0 Å². The molecule has 0 bridgehead atoms. The Morgan fingerprint density at radius 1 is 0.696 bits per heavy atom. The van der Waals surface area contributed by atoms with Gasteiger partial charge in [0.1, 0.15) is 0 Å². The molecule has 0 aliphatic rings. The molecule has 0 atom stereocenters. The fourth-order valence-corrected chi connectivity index (χ4v) is 2.74. The Morgan fingerprint density at radius 2 is 1.17 bits per heavy atom. The van der Waals surface area contributed by atoms with Crippen LogP contribution in [0.25, 0.3) is 0 Å². The van der Waals surface area contributed by atoms with E-state index in [1.54, 1.807) is 0 Å². The van der Waals surface area contributed by atoms with Crippen LogP contribution in [0.5, 0.6) is 0 Å². The lowest BCUT2D eigenvalue weighted by Gasteiger charge is -2.21. The van der Waals surface area contributed by atoms with Crippen molar-refractivity contribution in [3.63, 3.8) is 0 Å². The van der Waals surface area contributed by atoms with Crippen molar-refractivity contribution >= 4 is 5.97 Å². The zero-order chi connectivity index (χ0) is 17.2. The van der Waals surface area contributed by atoms with Gasteiger partial charge in [-0.15, -0.1) is 0 Å². The van der Waals surface area contributed by atoms with Gasteiger partial charge in [-0.3, -0.25) is 9.69 Å². The van der Waals surface area contributed by atoms with Gasteiger partial charge < -0.3 is 4.74 Å². The molecule has 0 aliphatic heterocycles. The van der Waals surface area contributed by atoms with Gasteiger partial charge in [0.2, 0.25) is 0 Å². The number of nitrogens with zero attached hydrogens (tertiary/aromatic N) is 1. The lowest BCUT2D eigenvalue weighted by molar-refractivity contribution is -0.145. The zero-order valence-corrected chi connectivity index (χ0v) is 16.1. The third-order valence-corrected chi connectivity index (χ3v) is 4.27. The van der Waals surface area contributed by atoms with E-state index < -0.39 is 0 Å². The Bertz CT molecular complexity index is 244. The highest BCUT2D eigenvalue weighted by Gasteiger charge is 2.11. The molecule has 0 amide bonds. The average Bonchev–Trinajstić information content (AvgIpc) is 2.55. The highest BCUT2D eigenvalue weighted by molar-refractivity contribution is 5.71. The quantitative estimate of drug-likeness (QED) is 0.258. The summed E-state index contributed by atoms with van der Waals surface area (Å²) in [4.78, 5) is 14.3. The molecule has 0 heterocycles. The molecule has 0 aromatic rings. The van der Waals surface area contributed by atoms with Crippen molar-refractivity contribution in [3.8, 4) is 0 Å². The molecule has 0 saturated carbocycles. The Kier molecular flexibility index (Phi) is 17.3. The molecule has 0 aliphatic carbocycles. The largest absolute Gasteiger partial charge is 0.465 e. The van der Waals surface area contributed by atoms with Crippen molar-refractivity contribution in [1.29, 1.82) is 0 Å². The first-order valence-corrected chi connectivity index (χ1v) is 10.1. The molecule has 0 fully saturated rings. The van der Waals surface area contributed by atoms with Crippen molar-refractivity contribution in [2.24, 2.45) is 0 Å². The van der Waals surface area contributed by atoms with E-state index in [4.69, 9.17) is 4.74 Å². The van der Waals surface area contributed by atoms with Gasteiger partial charge in [0, 0.05) is 0 Å². The number of hydrogen-bond acceptors (Lipinski definition) is 3.